The molecule has 13 heteroatoms. The van der Waals surface area contributed by atoms with Crippen LogP contribution in [0.5, 0.6) is 23.0 Å². The summed E-state index contributed by atoms with van der Waals surface area (Å²) in [5, 5.41) is 0.250. The van der Waals surface area contributed by atoms with E-state index >= 15 is 0 Å². The minimum absolute atomic E-state index is 0.000426. The van der Waals surface area contributed by atoms with Gasteiger partial charge in [0.2, 0.25) is 0 Å². The van der Waals surface area contributed by atoms with Gasteiger partial charge in [-0.05, 0) is 62.2 Å². The van der Waals surface area contributed by atoms with Gasteiger partial charge in [-0.25, -0.2) is 14.6 Å². The van der Waals surface area contributed by atoms with E-state index in [4.69, 9.17) is 41.7 Å². The standard InChI is InChI=1S/C32H31ClN2O9S/c1-7-12-43-29-21(33)13-19(14-24(29)39-5)15-25-30(37)35-28(27(31(38)42-9-3)18(4)34-32(35)45-25)20-10-11-22(23(16-20)41-8-2)44-17-26(36)40-6/h1,10-11,13-16,28H,8-9,12,17H2,2-6H3/b25-15-/t28-/m0/s1. The first kappa shape index (κ1) is 33.2. The van der Waals surface area contributed by atoms with Gasteiger partial charge in [0, 0.05) is 0 Å². The molecule has 0 radical (unpaired) electrons. The van der Waals surface area contributed by atoms with Crippen molar-refractivity contribution in [2.45, 2.75) is 26.8 Å². The molecule has 2 aromatic carbocycles. The number of terminal acetylenes is 1. The summed E-state index contributed by atoms with van der Waals surface area (Å²) >= 11 is 7.61. The number of carbonyl (C=O) groups excluding carboxylic acids is 2. The van der Waals surface area contributed by atoms with Gasteiger partial charge in [-0.1, -0.05) is 34.9 Å². The number of thiazole rings is 1. The van der Waals surface area contributed by atoms with Crippen molar-refractivity contribution in [1.29, 1.82) is 0 Å². The van der Waals surface area contributed by atoms with Gasteiger partial charge in [0.25, 0.3) is 5.56 Å². The van der Waals surface area contributed by atoms with E-state index in [1.165, 1.54) is 18.8 Å². The molecule has 1 aliphatic rings. The molecule has 1 aliphatic heterocycles. The van der Waals surface area contributed by atoms with Crippen LogP contribution in [-0.2, 0) is 19.1 Å². The summed E-state index contributed by atoms with van der Waals surface area (Å²) in [5.74, 6) is 2.44. The zero-order valence-electron chi connectivity index (χ0n) is 25.3. The summed E-state index contributed by atoms with van der Waals surface area (Å²) in [5.41, 5.74) is 1.30. The fourth-order valence-electron chi connectivity index (χ4n) is 4.61. The van der Waals surface area contributed by atoms with Crippen molar-refractivity contribution in [1.82, 2.24) is 4.57 Å². The zero-order chi connectivity index (χ0) is 32.7. The van der Waals surface area contributed by atoms with Crippen LogP contribution in [0, 0.1) is 12.3 Å². The van der Waals surface area contributed by atoms with E-state index in [0.717, 1.165) is 11.3 Å². The lowest BCUT2D eigenvalue weighted by molar-refractivity contribution is -0.143. The second-order valence-electron chi connectivity index (χ2n) is 9.33. The van der Waals surface area contributed by atoms with Gasteiger partial charge >= 0.3 is 11.9 Å². The van der Waals surface area contributed by atoms with Gasteiger partial charge in [0.15, 0.2) is 34.4 Å². The molecule has 0 saturated heterocycles. The highest BCUT2D eigenvalue weighted by atomic mass is 35.5. The highest BCUT2D eigenvalue weighted by Gasteiger charge is 2.34. The summed E-state index contributed by atoms with van der Waals surface area (Å²) in [6.07, 6.45) is 6.96. The predicted octanol–water partition coefficient (Wildman–Crippen LogP) is 3.42. The number of benzene rings is 2. The number of aromatic nitrogens is 1. The number of ether oxygens (including phenoxy) is 6. The fraction of sp³-hybridized carbons (Fsp3) is 0.312. The normalized spacial score (nSPS) is 14.2. The predicted molar refractivity (Wildman–Crippen MR) is 168 cm³/mol. The average Bonchev–Trinajstić information content (AvgIpc) is 3.32. The average molecular weight is 655 g/mol. The molecule has 11 nitrogen and oxygen atoms in total. The number of rotatable bonds is 12. The van der Waals surface area contributed by atoms with Crippen molar-refractivity contribution < 1.29 is 38.0 Å². The highest BCUT2D eigenvalue weighted by Crippen LogP contribution is 2.38. The summed E-state index contributed by atoms with van der Waals surface area (Å²) in [4.78, 5) is 44.0. The molecule has 1 aromatic heterocycles. The summed E-state index contributed by atoms with van der Waals surface area (Å²) < 4.78 is 34.2. The van der Waals surface area contributed by atoms with E-state index < -0.39 is 23.5 Å². The number of nitrogens with zero attached hydrogens (tertiary/aromatic N) is 2. The zero-order valence-corrected chi connectivity index (χ0v) is 26.9. The van der Waals surface area contributed by atoms with E-state index in [-0.39, 0.29) is 41.9 Å². The molecular weight excluding hydrogens is 624 g/mol. The maximum atomic E-state index is 14.1. The molecule has 0 bridgehead atoms. The monoisotopic (exact) mass is 654 g/mol. The van der Waals surface area contributed by atoms with Crippen LogP contribution in [0.2, 0.25) is 5.02 Å². The molecule has 45 heavy (non-hydrogen) atoms. The molecule has 4 rings (SSSR count). The molecule has 0 unspecified atom stereocenters. The van der Waals surface area contributed by atoms with Crippen LogP contribution in [0.4, 0.5) is 0 Å². The molecule has 2 heterocycles. The van der Waals surface area contributed by atoms with Gasteiger partial charge in [0.05, 0.1) is 54.3 Å². The van der Waals surface area contributed by atoms with Crippen molar-refractivity contribution in [3.8, 4) is 35.3 Å². The maximum Gasteiger partial charge on any atom is 0.343 e. The number of carbonyl (C=O) groups is 2. The Kier molecular flexibility index (Phi) is 10.9. The SMILES string of the molecule is C#CCOc1c(Cl)cc(/C=c2\sc3n(c2=O)[C@@H](c2ccc(OCC(=O)OC)c(OCC)c2)C(C(=O)OCC)=C(C)N=3)cc1OC. The number of allylic oxidation sites excluding steroid dienone is 1. The Labute approximate surface area is 268 Å². The number of esters is 2. The molecule has 1 atom stereocenters. The van der Waals surface area contributed by atoms with Crippen LogP contribution in [0.15, 0.2) is 51.4 Å². The second-order valence-corrected chi connectivity index (χ2v) is 10.7. The Morgan fingerprint density at radius 3 is 2.53 bits per heavy atom. The van der Waals surface area contributed by atoms with Crippen LogP contribution >= 0.6 is 22.9 Å². The van der Waals surface area contributed by atoms with Crippen molar-refractivity contribution in [3.63, 3.8) is 0 Å². The topological polar surface area (TPSA) is 124 Å². The largest absolute Gasteiger partial charge is 0.493 e. The molecule has 236 valence electrons. The Bertz CT molecular complexity index is 1870. The Morgan fingerprint density at radius 2 is 1.87 bits per heavy atom. The summed E-state index contributed by atoms with van der Waals surface area (Å²) in [7, 11) is 2.73. The molecule has 0 fully saturated rings. The number of hydrogen-bond acceptors (Lipinski definition) is 11. The third kappa shape index (κ3) is 7.16. The lowest BCUT2D eigenvalue weighted by Gasteiger charge is -2.25. The first-order chi connectivity index (χ1) is 21.7. The molecule has 0 amide bonds. The van der Waals surface area contributed by atoms with Crippen LogP contribution in [0.3, 0.4) is 0 Å². The minimum atomic E-state index is -0.908. The van der Waals surface area contributed by atoms with Gasteiger partial charge in [-0.15, -0.1) is 6.42 Å². The molecule has 0 aliphatic carbocycles. The van der Waals surface area contributed by atoms with Gasteiger partial charge < -0.3 is 28.4 Å². The molecular formula is C32H31ClN2O9S. The van der Waals surface area contributed by atoms with Gasteiger partial charge in [0.1, 0.15) is 6.61 Å². The highest BCUT2D eigenvalue weighted by molar-refractivity contribution is 7.07. The van der Waals surface area contributed by atoms with E-state index in [9.17, 15) is 14.4 Å². The second kappa shape index (κ2) is 14.8. The Morgan fingerprint density at radius 1 is 1.09 bits per heavy atom. The van der Waals surface area contributed by atoms with E-state index in [0.29, 0.717) is 44.3 Å². The minimum Gasteiger partial charge on any atom is -0.493 e. The third-order valence-electron chi connectivity index (χ3n) is 6.52. The van der Waals surface area contributed by atoms with Crippen molar-refractivity contribution in [3.05, 3.63) is 77.4 Å². The molecule has 3 aromatic rings. The number of hydrogen-bond donors (Lipinski definition) is 0. The number of halogens is 1. The Balaban J connectivity index is 1.89. The fourth-order valence-corrected chi connectivity index (χ4v) is 5.93. The quantitative estimate of drug-likeness (QED) is 0.213. The summed E-state index contributed by atoms with van der Waals surface area (Å²) in [6, 6.07) is 7.35. The van der Waals surface area contributed by atoms with Gasteiger partial charge in [-0.2, -0.15) is 0 Å². The maximum absolute atomic E-state index is 14.1. The lowest BCUT2D eigenvalue weighted by atomic mass is 9.95. The molecule has 0 N–H and O–H groups in total. The smallest absolute Gasteiger partial charge is 0.343 e. The van der Waals surface area contributed by atoms with Crippen LogP contribution in [-0.4, -0.2) is 57.2 Å². The van der Waals surface area contributed by atoms with Crippen LogP contribution in [0.1, 0.15) is 37.9 Å². The first-order valence-electron chi connectivity index (χ1n) is 13.8. The lowest BCUT2D eigenvalue weighted by Crippen LogP contribution is -2.40. The third-order valence-corrected chi connectivity index (χ3v) is 7.79. The molecule has 0 spiro atoms. The van der Waals surface area contributed by atoms with E-state index in [1.54, 1.807) is 57.2 Å². The summed E-state index contributed by atoms with van der Waals surface area (Å²) in [6.45, 7) is 5.26. The Hall–Kier alpha value is -4.73. The van der Waals surface area contributed by atoms with Crippen molar-refractivity contribution in [2.24, 2.45) is 4.99 Å². The number of fused-ring (bicyclic) bond motifs is 1. The van der Waals surface area contributed by atoms with Crippen molar-refractivity contribution >= 4 is 41.0 Å². The molecule has 0 saturated carbocycles. The first-order valence-corrected chi connectivity index (χ1v) is 15.0. The van der Waals surface area contributed by atoms with Crippen molar-refractivity contribution in [2.75, 3.05) is 40.6 Å². The van der Waals surface area contributed by atoms with Crippen LogP contribution in [0.25, 0.3) is 6.08 Å². The van der Waals surface area contributed by atoms with Crippen LogP contribution < -0.4 is 33.8 Å². The number of methoxy groups -OCH3 is 2. The van der Waals surface area contributed by atoms with E-state index in [1.807, 2.05) is 0 Å². The van der Waals surface area contributed by atoms with Gasteiger partial charge in [-0.3, -0.25) is 9.36 Å². The van der Waals surface area contributed by atoms with E-state index in [2.05, 4.69) is 15.6 Å².